The number of hydrogen-bond donors (Lipinski definition) is 1. The van der Waals surface area contributed by atoms with Gasteiger partial charge in [-0.3, -0.25) is 9.59 Å². The number of likely N-dealkylation sites (tertiary alicyclic amines) is 1. The topological polar surface area (TPSA) is 54.3 Å². The van der Waals surface area contributed by atoms with Crippen LogP contribution in [0.2, 0.25) is 0 Å². The van der Waals surface area contributed by atoms with Crippen LogP contribution < -0.4 is 10.9 Å². The fraction of sp³-hybridized carbons (Fsp3) is 0.381. The van der Waals surface area contributed by atoms with Crippen molar-refractivity contribution in [3.63, 3.8) is 0 Å². The molecule has 1 fully saturated rings. The minimum Gasteiger partial charge on any atom is -0.356 e. The van der Waals surface area contributed by atoms with Gasteiger partial charge in [0.15, 0.2) is 23.3 Å². The van der Waals surface area contributed by atoms with E-state index in [1.54, 1.807) is 16.7 Å². The Balaban J connectivity index is 1.43. The van der Waals surface area contributed by atoms with E-state index in [1.807, 2.05) is 16.3 Å². The number of hydrogen-bond acceptors (Lipinski definition) is 4. The number of thiocarbonyl (C=S) groups is 1. The van der Waals surface area contributed by atoms with E-state index in [2.05, 4.69) is 0 Å². The van der Waals surface area contributed by atoms with Crippen LogP contribution in [0.5, 0.6) is 0 Å². The van der Waals surface area contributed by atoms with Crippen LogP contribution in [0.4, 0.5) is 23.2 Å². The summed E-state index contributed by atoms with van der Waals surface area (Å²) in [4.78, 5) is 26.5. The zero-order valence-electron chi connectivity index (χ0n) is 16.9. The van der Waals surface area contributed by atoms with E-state index in [1.165, 1.54) is 6.92 Å². The molecular weight excluding hydrogens is 466 g/mol. The first kappa shape index (κ1) is 22.8. The van der Waals surface area contributed by atoms with Gasteiger partial charge in [0, 0.05) is 43.4 Å². The number of carbonyl (C=O) groups excluding carboxylic acids is 1. The Morgan fingerprint density at radius 2 is 1.84 bits per heavy atom. The Morgan fingerprint density at radius 1 is 1.16 bits per heavy atom. The predicted octanol–water partition coefficient (Wildman–Crippen LogP) is 3.87. The number of rotatable bonds is 3. The second-order valence-corrected chi connectivity index (χ2v) is 9.94. The molecule has 0 saturated carbocycles. The van der Waals surface area contributed by atoms with Crippen LogP contribution in [0.15, 0.2) is 29.1 Å². The highest BCUT2D eigenvalue weighted by molar-refractivity contribution is 8.23. The lowest BCUT2D eigenvalue weighted by molar-refractivity contribution is -0.115. The van der Waals surface area contributed by atoms with Crippen LogP contribution >= 0.6 is 24.0 Å². The molecule has 1 aromatic heterocycles. The minimum atomic E-state index is -1.67. The molecule has 0 aliphatic carbocycles. The van der Waals surface area contributed by atoms with Gasteiger partial charge in [-0.05, 0) is 25.3 Å². The number of piperidine rings is 1. The predicted molar refractivity (Wildman–Crippen MR) is 118 cm³/mol. The van der Waals surface area contributed by atoms with E-state index in [0.29, 0.717) is 24.0 Å². The number of thioether (sulfide) groups is 1. The Hall–Kier alpha value is -2.40. The quantitative estimate of drug-likeness (QED) is 0.407. The molecule has 1 aromatic carbocycles. The lowest BCUT2D eigenvalue weighted by atomic mass is 9.83. The van der Waals surface area contributed by atoms with Gasteiger partial charge in [0.25, 0.3) is 5.56 Å². The summed E-state index contributed by atoms with van der Waals surface area (Å²) in [5, 5.41) is 1.05. The zero-order valence-corrected chi connectivity index (χ0v) is 18.5. The van der Waals surface area contributed by atoms with E-state index in [4.69, 9.17) is 12.2 Å². The van der Waals surface area contributed by atoms with Crippen molar-refractivity contribution in [2.75, 3.05) is 18.4 Å². The molecule has 5 nitrogen and oxygen atoms in total. The number of aromatic nitrogens is 1. The van der Waals surface area contributed by atoms with Gasteiger partial charge in [-0.15, -0.1) is 0 Å². The van der Waals surface area contributed by atoms with Crippen LogP contribution in [-0.4, -0.2) is 38.0 Å². The van der Waals surface area contributed by atoms with Gasteiger partial charge < -0.3 is 14.8 Å². The number of amides is 1. The van der Waals surface area contributed by atoms with Crippen molar-refractivity contribution in [2.45, 2.75) is 31.1 Å². The van der Waals surface area contributed by atoms with Gasteiger partial charge in [0.2, 0.25) is 5.91 Å². The molecule has 0 spiro atoms. The van der Waals surface area contributed by atoms with E-state index in [9.17, 15) is 27.2 Å². The van der Waals surface area contributed by atoms with Crippen molar-refractivity contribution in [1.82, 2.24) is 9.47 Å². The van der Waals surface area contributed by atoms with Crippen molar-refractivity contribution in [3.05, 3.63) is 63.6 Å². The third-order valence-electron chi connectivity index (χ3n) is 5.74. The molecule has 4 rings (SSSR count). The maximum Gasteiger partial charge on any atom is 0.250 e. The summed E-state index contributed by atoms with van der Waals surface area (Å²) in [5.74, 6) is -7.04. The Bertz CT molecular complexity index is 1130. The maximum atomic E-state index is 13.8. The highest BCUT2D eigenvalue weighted by Crippen LogP contribution is 2.36. The number of halogens is 4. The molecule has 32 heavy (non-hydrogen) atoms. The number of nitrogens with zero attached hydrogens (tertiary/aromatic N) is 2. The van der Waals surface area contributed by atoms with Gasteiger partial charge in [0.05, 0.1) is 5.25 Å². The highest BCUT2D eigenvalue weighted by atomic mass is 32.2. The lowest BCUT2D eigenvalue weighted by Gasteiger charge is -2.43. The second-order valence-electron chi connectivity index (χ2n) is 7.96. The van der Waals surface area contributed by atoms with Crippen LogP contribution in [-0.2, 0) is 11.3 Å². The number of carbonyl (C=O) groups is 1. The third-order valence-corrected chi connectivity index (χ3v) is 7.32. The van der Waals surface area contributed by atoms with Gasteiger partial charge in [0.1, 0.15) is 10.0 Å². The Morgan fingerprint density at radius 3 is 2.53 bits per heavy atom. The fourth-order valence-corrected chi connectivity index (χ4v) is 5.58. The number of anilines is 1. The first-order valence-electron chi connectivity index (χ1n) is 9.94. The van der Waals surface area contributed by atoms with E-state index < -0.39 is 40.1 Å². The van der Waals surface area contributed by atoms with Crippen LogP contribution in [0.1, 0.15) is 25.0 Å². The van der Waals surface area contributed by atoms with Crippen molar-refractivity contribution in [2.24, 2.45) is 5.92 Å². The summed E-state index contributed by atoms with van der Waals surface area (Å²) in [5.41, 5.74) is -0.238. The third kappa shape index (κ3) is 4.27. The Kier molecular flexibility index (Phi) is 6.30. The van der Waals surface area contributed by atoms with E-state index in [-0.39, 0.29) is 23.5 Å². The average molecular weight is 486 g/mol. The van der Waals surface area contributed by atoms with Crippen LogP contribution in [0.3, 0.4) is 0 Å². The van der Waals surface area contributed by atoms with Crippen molar-refractivity contribution >= 4 is 39.9 Å². The normalized spacial score (nSPS) is 20.5. The van der Waals surface area contributed by atoms with Crippen LogP contribution in [0, 0.1) is 29.2 Å². The first-order chi connectivity index (χ1) is 15.2. The fourth-order valence-electron chi connectivity index (χ4n) is 4.23. The van der Waals surface area contributed by atoms with Crippen molar-refractivity contribution in [1.29, 1.82) is 0 Å². The van der Waals surface area contributed by atoms with Gasteiger partial charge in [-0.1, -0.05) is 30.0 Å². The molecule has 3 heterocycles. The summed E-state index contributed by atoms with van der Waals surface area (Å²) in [6.45, 7) is 3.28. The number of benzene rings is 1. The molecule has 170 valence electrons. The molecule has 0 radical (unpaired) electrons. The number of pyridine rings is 1. The number of fused-ring (bicyclic) bond motifs is 4. The standard InChI is InChI=1S/C21H19F4N3O2S2/c1-10(20(30)26-19-17(24)13(22)6-14(23)18(19)25)32-21(31)27-7-11-5-12(9-27)15-3-2-4-16(29)28(15)8-11/h2-4,6,10-12H,5,7-9H2,1H3,(H,26,30)/t10-,11+,12-/m0/s1. The van der Waals surface area contributed by atoms with Crippen LogP contribution in [0.25, 0.3) is 0 Å². The smallest absolute Gasteiger partial charge is 0.250 e. The minimum absolute atomic E-state index is 0.0267. The molecule has 1 N–H and O–H groups in total. The highest BCUT2D eigenvalue weighted by Gasteiger charge is 2.36. The monoisotopic (exact) mass is 485 g/mol. The lowest BCUT2D eigenvalue weighted by Crippen LogP contribution is -2.48. The summed E-state index contributed by atoms with van der Waals surface area (Å²) < 4.78 is 56.7. The molecule has 2 bridgehead atoms. The van der Waals surface area contributed by atoms with Gasteiger partial charge in [-0.2, -0.15) is 0 Å². The average Bonchev–Trinajstić information content (AvgIpc) is 2.75. The molecule has 1 saturated heterocycles. The molecule has 2 aromatic rings. The van der Waals surface area contributed by atoms with E-state index in [0.717, 1.165) is 23.9 Å². The molecule has 2 aliphatic rings. The summed E-state index contributed by atoms with van der Waals surface area (Å²) in [7, 11) is 0. The molecule has 3 atom stereocenters. The number of nitrogens with one attached hydrogen (secondary N) is 1. The summed E-state index contributed by atoms with van der Waals surface area (Å²) in [6, 6.07) is 5.28. The zero-order chi connectivity index (χ0) is 23.2. The molecule has 2 aliphatic heterocycles. The SMILES string of the molecule is C[C@H](SC(=S)N1C[C@H]2C[C@@H](C1)c1cccc(=O)n1C2)C(=O)Nc1c(F)c(F)cc(F)c1F. The summed E-state index contributed by atoms with van der Waals surface area (Å²) >= 11 is 6.52. The van der Waals surface area contributed by atoms with Crippen molar-refractivity contribution in [3.8, 4) is 0 Å². The van der Waals surface area contributed by atoms with Gasteiger partial charge in [-0.25, -0.2) is 17.6 Å². The van der Waals surface area contributed by atoms with Crippen molar-refractivity contribution < 1.29 is 22.4 Å². The Labute approximate surface area is 190 Å². The van der Waals surface area contributed by atoms with Gasteiger partial charge >= 0.3 is 0 Å². The summed E-state index contributed by atoms with van der Waals surface area (Å²) in [6.07, 6.45) is 0.937. The molecule has 1 amide bonds. The second kappa shape index (κ2) is 8.86. The largest absolute Gasteiger partial charge is 0.356 e. The van der Waals surface area contributed by atoms with E-state index >= 15 is 0 Å². The first-order valence-corrected chi connectivity index (χ1v) is 11.2. The molecular formula is C21H19F4N3O2S2. The molecule has 11 heteroatoms. The maximum absolute atomic E-state index is 13.8. The molecule has 0 unspecified atom stereocenters.